The summed E-state index contributed by atoms with van der Waals surface area (Å²) in [5, 5.41) is 14.4. The minimum atomic E-state index is -0.500. The maximum absolute atomic E-state index is 13.6. The molecular weight excluding hydrogens is 427 g/mol. The summed E-state index contributed by atoms with van der Waals surface area (Å²) >= 11 is 0. The summed E-state index contributed by atoms with van der Waals surface area (Å²) in [5.74, 6) is -0.343. The first-order valence-corrected chi connectivity index (χ1v) is 10.8. The van der Waals surface area contributed by atoms with Crippen LogP contribution in [0.3, 0.4) is 0 Å². The molecule has 0 aromatic heterocycles. The number of nitrogens with one attached hydrogen (secondary N) is 1. The van der Waals surface area contributed by atoms with E-state index in [1.165, 1.54) is 12.1 Å². The molecule has 4 rings (SSSR count). The Hall–Kier alpha value is -4.43. The number of aryl methyl sites for hydroxylation is 1. The van der Waals surface area contributed by atoms with E-state index in [4.69, 9.17) is 4.74 Å². The zero-order chi connectivity index (χ0) is 24.1. The molecule has 0 aliphatic rings. The Bertz CT molecular complexity index is 1450. The third kappa shape index (κ3) is 4.97. The number of anilines is 1. The van der Waals surface area contributed by atoms with Crippen molar-refractivity contribution >= 4 is 28.4 Å². The van der Waals surface area contributed by atoms with Gasteiger partial charge in [0, 0.05) is 11.3 Å². The van der Waals surface area contributed by atoms with Crippen LogP contribution < -0.4 is 10.1 Å². The molecule has 0 saturated heterocycles. The third-order valence-corrected chi connectivity index (χ3v) is 5.72. The Balaban J connectivity index is 1.71. The fourth-order valence-electron chi connectivity index (χ4n) is 3.71. The van der Waals surface area contributed by atoms with Gasteiger partial charge in [-0.2, -0.15) is 5.26 Å². The van der Waals surface area contributed by atoms with Crippen molar-refractivity contribution < 1.29 is 13.9 Å². The van der Waals surface area contributed by atoms with Crippen LogP contribution in [0.2, 0.25) is 0 Å². The number of halogens is 1. The van der Waals surface area contributed by atoms with Gasteiger partial charge in [0.1, 0.15) is 29.8 Å². The topological polar surface area (TPSA) is 62.1 Å². The maximum atomic E-state index is 13.6. The number of rotatable bonds is 6. The van der Waals surface area contributed by atoms with E-state index in [2.05, 4.69) is 5.32 Å². The number of carbonyl (C=O) groups excluding carboxylic acids is 1. The summed E-state index contributed by atoms with van der Waals surface area (Å²) in [7, 11) is 0. The Labute approximate surface area is 197 Å². The number of ether oxygens (including phenoxy) is 1. The highest BCUT2D eigenvalue weighted by atomic mass is 19.1. The van der Waals surface area contributed by atoms with E-state index in [-0.39, 0.29) is 18.0 Å². The van der Waals surface area contributed by atoms with Crippen LogP contribution in [0.1, 0.15) is 22.3 Å². The lowest BCUT2D eigenvalue weighted by molar-refractivity contribution is -0.112. The second kappa shape index (κ2) is 10.0. The number of fused-ring (bicyclic) bond motifs is 1. The van der Waals surface area contributed by atoms with Gasteiger partial charge >= 0.3 is 0 Å². The first-order valence-electron chi connectivity index (χ1n) is 10.8. The molecule has 0 heterocycles. The third-order valence-electron chi connectivity index (χ3n) is 5.72. The van der Waals surface area contributed by atoms with Gasteiger partial charge in [-0.3, -0.25) is 4.79 Å². The number of hydrogen-bond acceptors (Lipinski definition) is 3. The highest BCUT2D eigenvalue weighted by Gasteiger charge is 2.15. The molecule has 0 spiro atoms. The second-order valence-corrected chi connectivity index (χ2v) is 7.99. The maximum Gasteiger partial charge on any atom is 0.266 e. The van der Waals surface area contributed by atoms with Gasteiger partial charge in [0.25, 0.3) is 5.91 Å². The molecule has 0 aliphatic carbocycles. The summed E-state index contributed by atoms with van der Waals surface area (Å²) in [5.41, 5.74) is 3.89. The van der Waals surface area contributed by atoms with Crippen molar-refractivity contribution in [1.29, 1.82) is 5.26 Å². The molecular formula is C29H23FN2O2. The molecule has 0 saturated carbocycles. The van der Waals surface area contributed by atoms with Gasteiger partial charge in [-0.1, -0.05) is 54.6 Å². The number of nitriles is 1. The van der Waals surface area contributed by atoms with Gasteiger partial charge in [-0.25, -0.2) is 4.39 Å². The predicted molar refractivity (Wildman–Crippen MR) is 133 cm³/mol. The molecule has 1 amide bonds. The van der Waals surface area contributed by atoms with E-state index >= 15 is 0 Å². The lowest BCUT2D eigenvalue weighted by atomic mass is 10.0. The van der Waals surface area contributed by atoms with E-state index in [9.17, 15) is 14.4 Å². The van der Waals surface area contributed by atoms with Crippen LogP contribution in [0.5, 0.6) is 5.75 Å². The number of amides is 1. The molecule has 4 aromatic rings. The summed E-state index contributed by atoms with van der Waals surface area (Å²) in [6.07, 6.45) is 1.55. The molecule has 0 bridgehead atoms. The summed E-state index contributed by atoms with van der Waals surface area (Å²) in [4.78, 5) is 13.0. The van der Waals surface area contributed by atoms with E-state index in [0.717, 1.165) is 21.9 Å². The van der Waals surface area contributed by atoms with Crippen LogP contribution in [0.4, 0.5) is 10.1 Å². The highest BCUT2D eigenvalue weighted by molar-refractivity contribution is 6.11. The molecule has 0 aliphatic heterocycles. The van der Waals surface area contributed by atoms with Crippen molar-refractivity contribution in [2.24, 2.45) is 0 Å². The summed E-state index contributed by atoms with van der Waals surface area (Å²) in [6.45, 7) is 4.03. The molecule has 4 aromatic carbocycles. The molecule has 4 nitrogen and oxygen atoms in total. The fourth-order valence-corrected chi connectivity index (χ4v) is 3.71. The number of nitrogens with zero attached hydrogens (tertiary/aromatic N) is 1. The van der Waals surface area contributed by atoms with Crippen molar-refractivity contribution in [3.05, 3.63) is 113 Å². The zero-order valence-electron chi connectivity index (χ0n) is 18.9. The van der Waals surface area contributed by atoms with Crippen LogP contribution in [0.25, 0.3) is 16.8 Å². The van der Waals surface area contributed by atoms with Crippen molar-refractivity contribution in [1.82, 2.24) is 0 Å². The average molecular weight is 451 g/mol. The second-order valence-electron chi connectivity index (χ2n) is 7.99. The number of hydrogen-bond donors (Lipinski definition) is 1. The molecule has 34 heavy (non-hydrogen) atoms. The molecule has 0 atom stereocenters. The van der Waals surface area contributed by atoms with Crippen molar-refractivity contribution in [2.45, 2.75) is 20.5 Å². The van der Waals surface area contributed by atoms with Crippen LogP contribution in [0, 0.1) is 31.0 Å². The van der Waals surface area contributed by atoms with E-state index in [0.29, 0.717) is 22.6 Å². The molecule has 0 fully saturated rings. The average Bonchev–Trinajstić information content (AvgIpc) is 2.84. The monoisotopic (exact) mass is 450 g/mol. The lowest BCUT2D eigenvalue weighted by Gasteiger charge is -2.13. The minimum Gasteiger partial charge on any atom is -0.488 e. The Kier molecular flexibility index (Phi) is 6.70. The van der Waals surface area contributed by atoms with Crippen LogP contribution in [-0.2, 0) is 11.4 Å². The molecule has 168 valence electrons. The summed E-state index contributed by atoms with van der Waals surface area (Å²) < 4.78 is 19.6. The SMILES string of the molecule is Cc1cccc(NC(=O)/C(C#N)=C/c2c(OCc3cccc(F)c3)ccc3ccccc23)c1C. The van der Waals surface area contributed by atoms with Gasteiger partial charge in [0.15, 0.2) is 0 Å². The zero-order valence-corrected chi connectivity index (χ0v) is 18.9. The van der Waals surface area contributed by atoms with E-state index in [1.54, 1.807) is 30.3 Å². The van der Waals surface area contributed by atoms with Crippen molar-refractivity contribution in [2.75, 3.05) is 5.32 Å². The van der Waals surface area contributed by atoms with Crippen molar-refractivity contribution in [3.63, 3.8) is 0 Å². The highest BCUT2D eigenvalue weighted by Crippen LogP contribution is 2.31. The standard InChI is InChI=1S/C29H23FN2O2/c1-19-7-5-12-27(20(19)2)32-29(33)23(17-31)16-26-25-11-4-3-9-22(25)13-14-28(26)34-18-21-8-6-10-24(30)15-21/h3-16H,18H2,1-2H3,(H,32,33)/b23-16+. The number of benzene rings is 4. The molecule has 5 heteroatoms. The van der Waals surface area contributed by atoms with Crippen LogP contribution in [-0.4, -0.2) is 5.91 Å². The number of carbonyl (C=O) groups is 1. The smallest absolute Gasteiger partial charge is 0.266 e. The van der Waals surface area contributed by atoms with Gasteiger partial charge in [0.05, 0.1) is 0 Å². The van der Waals surface area contributed by atoms with Gasteiger partial charge in [-0.05, 0) is 71.7 Å². The van der Waals surface area contributed by atoms with Gasteiger partial charge < -0.3 is 10.1 Å². The fraction of sp³-hybridized carbons (Fsp3) is 0.103. The quantitative estimate of drug-likeness (QED) is 0.262. The normalized spacial score (nSPS) is 11.2. The minimum absolute atomic E-state index is 0.0483. The largest absolute Gasteiger partial charge is 0.488 e. The van der Waals surface area contributed by atoms with Crippen molar-refractivity contribution in [3.8, 4) is 11.8 Å². The lowest BCUT2D eigenvalue weighted by Crippen LogP contribution is -2.14. The van der Waals surface area contributed by atoms with Crippen LogP contribution in [0.15, 0.2) is 84.4 Å². The van der Waals surface area contributed by atoms with E-state index < -0.39 is 5.91 Å². The predicted octanol–water partition coefficient (Wildman–Crippen LogP) is 6.72. The molecule has 0 radical (unpaired) electrons. The first-order chi connectivity index (χ1) is 16.5. The van der Waals surface area contributed by atoms with Gasteiger partial charge in [0.2, 0.25) is 0 Å². The first kappa shape index (κ1) is 22.8. The van der Waals surface area contributed by atoms with Crippen LogP contribution >= 0.6 is 0 Å². The van der Waals surface area contributed by atoms with Gasteiger partial charge in [-0.15, -0.1) is 0 Å². The Morgan fingerprint density at radius 2 is 1.82 bits per heavy atom. The Morgan fingerprint density at radius 3 is 2.62 bits per heavy atom. The van der Waals surface area contributed by atoms with E-state index in [1.807, 2.05) is 62.4 Å². The molecule has 1 N–H and O–H groups in total. The Morgan fingerprint density at radius 1 is 1.03 bits per heavy atom. The molecule has 0 unspecified atom stereocenters. The summed E-state index contributed by atoms with van der Waals surface area (Å²) in [6, 6.07) is 25.2.